The van der Waals surface area contributed by atoms with E-state index in [0.717, 1.165) is 4.47 Å². The van der Waals surface area contributed by atoms with E-state index in [1.165, 1.54) is 0 Å². The lowest BCUT2D eigenvalue weighted by molar-refractivity contribution is -0.125. The van der Waals surface area contributed by atoms with E-state index in [4.69, 9.17) is 4.74 Å². The number of hydrogen-bond acceptors (Lipinski definition) is 3. The van der Waals surface area contributed by atoms with Crippen molar-refractivity contribution in [3.8, 4) is 0 Å². The highest BCUT2D eigenvalue weighted by Crippen LogP contribution is 2.12. The Kier molecular flexibility index (Phi) is 6.02. The second-order valence-electron chi connectivity index (χ2n) is 4.69. The number of halogens is 1. The van der Waals surface area contributed by atoms with Crippen LogP contribution in [0.15, 0.2) is 28.7 Å². The van der Waals surface area contributed by atoms with Gasteiger partial charge in [0.1, 0.15) is 0 Å². The quantitative estimate of drug-likeness (QED) is 0.846. The third kappa shape index (κ3) is 5.42. The first-order valence-electron chi connectivity index (χ1n) is 6.12. The summed E-state index contributed by atoms with van der Waals surface area (Å²) in [5.74, 6) is -0.456. The number of benzene rings is 1. The minimum Gasteiger partial charge on any atom is -0.452 e. The summed E-state index contributed by atoms with van der Waals surface area (Å²) in [7, 11) is 0. The molecule has 0 aromatic heterocycles. The van der Waals surface area contributed by atoms with Crippen molar-refractivity contribution >= 4 is 27.8 Å². The molecule has 1 atom stereocenters. The van der Waals surface area contributed by atoms with Gasteiger partial charge >= 0.3 is 5.97 Å². The standard InChI is InChI=1S/C14H18BrNO3/c1-9(2)10(3)16-13(17)8-19-14(18)11-5-4-6-12(15)7-11/h4-7,9-10H,8H2,1-3H3,(H,16,17)/t10-/m1/s1. The Labute approximate surface area is 121 Å². The summed E-state index contributed by atoms with van der Waals surface area (Å²) in [5.41, 5.74) is 0.416. The predicted molar refractivity (Wildman–Crippen MR) is 76.9 cm³/mol. The predicted octanol–water partition coefficient (Wildman–Crippen LogP) is 2.77. The lowest BCUT2D eigenvalue weighted by Crippen LogP contribution is -2.38. The Bertz CT molecular complexity index is 460. The Morgan fingerprint density at radius 3 is 2.58 bits per heavy atom. The normalized spacial score (nSPS) is 12.1. The minimum atomic E-state index is -0.506. The zero-order chi connectivity index (χ0) is 14.4. The van der Waals surface area contributed by atoms with E-state index < -0.39 is 5.97 Å². The number of hydrogen-bond donors (Lipinski definition) is 1. The fourth-order valence-corrected chi connectivity index (χ4v) is 1.69. The molecule has 0 aliphatic heterocycles. The van der Waals surface area contributed by atoms with E-state index in [1.807, 2.05) is 26.8 Å². The molecular formula is C14H18BrNO3. The molecule has 0 aliphatic rings. The molecule has 0 aliphatic carbocycles. The maximum atomic E-state index is 11.7. The summed E-state index contributed by atoms with van der Waals surface area (Å²) in [6.07, 6.45) is 0. The van der Waals surface area contributed by atoms with Gasteiger partial charge in [0.05, 0.1) is 5.56 Å². The fourth-order valence-electron chi connectivity index (χ4n) is 1.29. The number of carbonyl (C=O) groups excluding carboxylic acids is 2. The van der Waals surface area contributed by atoms with Crippen LogP contribution in [0.25, 0.3) is 0 Å². The van der Waals surface area contributed by atoms with E-state index in [1.54, 1.807) is 18.2 Å². The van der Waals surface area contributed by atoms with Gasteiger partial charge in [-0.2, -0.15) is 0 Å². The molecule has 0 fully saturated rings. The molecule has 0 bridgehead atoms. The molecule has 104 valence electrons. The van der Waals surface area contributed by atoms with Gasteiger partial charge in [0.15, 0.2) is 6.61 Å². The molecule has 0 saturated heterocycles. The molecule has 1 aromatic carbocycles. The van der Waals surface area contributed by atoms with Crippen LogP contribution in [-0.4, -0.2) is 24.5 Å². The molecular weight excluding hydrogens is 310 g/mol. The topological polar surface area (TPSA) is 55.4 Å². The molecule has 1 amide bonds. The summed E-state index contributed by atoms with van der Waals surface area (Å²) in [6.45, 7) is 5.68. The first-order chi connectivity index (χ1) is 8.90. The Balaban J connectivity index is 2.44. The molecule has 19 heavy (non-hydrogen) atoms. The van der Waals surface area contributed by atoms with E-state index in [-0.39, 0.29) is 18.6 Å². The van der Waals surface area contributed by atoms with Crippen molar-refractivity contribution in [2.24, 2.45) is 5.92 Å². The van der Waals surface area contributed by atoms with Crippen LogP contribution in [0.2, 0.25) is 0 Å². The number of carbonyl (C=O) groups is 2. The second-order valence-corrected chi connectivity index (χ2v) is 5.60. The van der Waals surface area contributed by atoms with Gasteiger partial charge in [0.25, 0.3) is 5.91 Å². The smallest absolute Gasteiger partial charge is 0.338 e. The molecule has 0 unspecified atom stereocenters. The maximum absolute atomic E-state index is 11.7. The molecule has 0 radical (unpaired) electrons. The SMILES string of the molecule is CC(C)[C@@H](C)NC(=O)COC(=O)c1cccc(Br)c1. The minimum absolute atomic E-state index is 0.0528. The third-order valence-electron chi connectivity index (χ3n) is 2.78. The van der Waals surface area contributed by atoms with Gasteiger partial charge in [0.2, 0.25) is 0 Å². The van der Waals surface area contributed by atoms with Crippen LogP contribution in [-0.2, 0) is 9.53 Å². The summed E-state index contributed by atoms with van der Waals surface area (Å²) in [4.78, 5) is 23.3. The van der Waals surface area contributed by atoms with E-state index in [9.17, 15) is 9.59 Å². The summed E-state index contributed by atoms with van der Waals surface area (Å²) in [6, 6.07) is 6.89. The van der Waals surface area contributed by atoms with E-state index in [0.29, 0.717) is 11.5 Å². The first-order valence-corrected chi connectivity index (χ1v) is 6.91. The highest BCUT2D eigenvalue weighted by molar-refractivity contribution is 9.10. The molecule has 1 N–H and O–H groups in total. The first kappa shape index (κ1) is 15.7. The second kappa shape index (κ2) is 7.28. The molecule has 4 nitrogen and oxygen atoms in total. The van der Waals surface area contributed by atoms with Crippen LogP contribution >= 0.6 is 15.9 Å². The van der Waals surface area contributed by atoms with Crippen LogP contribution in [0.1, 0.15) is 31.1 Å². The average molecular weight is 328 g/mol. The highest BCUT2D eigenvalue weighted by Gasteiger charge is 2.13. The monoisotopic (exact) mass is 327 g/mol. The van der Waals surface area contributed by atoms with E-state index in [2.05, 4.69) is 21.2 Å². The molecule has 5 heteroatoms. The zero-order valence-electron chi connectivity index (χ0n) is 11.3. The summed E-state index contributed by atoms with van der Waals surface area (Å²) < 4.78 is 5.75. The third-order valence-corrected chi connectivity index (χ3v) is 3.28. The summed E-state index contributed by atoms with van der Waals surface area (Å²) >= 11 is 3.27. The zero-order valence-corrected chi connectivity index (χ0v) is 12.9. The van der Waals surface area contributed by atoms with Crippen LogP contribution in [0.5, 0.6) is 0 Å². The Morgan fingerprint density at radius 2 is 2.00 bits per heavy atom. The van der Waals surface area contributed by atoms with Crippen LogP contribution < -0.4 is 5.32 Å². The molecule has 0 heterocycles. The fraction of sp³-hybridized carbons (Fsp3) is 0.429. The van der Waals surface area contributed by atoms with Crippen LogP contribution in [0.4, 0.5) is 0 Å². The number of amides is 1. The number of esters is 1. The van der Waals surface area contributed by atoms with Crippen molar-refractivity contribution in [2.75, 3.05) is 6.61 Å². The summed E-state index contributed by atoms with van der Waals surface area (Å²) in [5, 5.41) is 2.77. The Morgan fingerprint density at radius 1 is 1.32 bits per heavy atom. The van der Waals surface area contributed by atoms with Crippen molar-refractivity contribution in [1.82, 2.24) is 5.32 Å². The lowest BCUT2D eigenvalue weighted by atomic mass is 10.1. The lowest BCUT2D eigenvalue weighted by Gasteiger charge is -2.17. The van der Waals surface area contributed by atoms with Crippen molar-refractivity contribution in [1.29, 1.82) is 0 Å². The van der Waals surface area contributed by atoms with Gasteiger partial charge < -0.3 is 10.1 Å². The van der Waals surface area contributed by atoms with Gasteiger partial charge in [-0.05, 0) is 31.0 Å². The number of rotatable bonds is 5. The molecule has 0 saturated carbocycles. The molecule has 0 spiro atoms. The average Bonchev–Trinajstić information content (AvgIpc) is 2.35. The van der Waals surface area contributed by atoms with Crippen molar-refractivity contribution in [3.05, 3.63) is 34.3 Å². The van der Waals surface area contributed by atoms with Crippen molar-refractivity contribution < 1.29 is 14.3 Å². The number of ether oxygens (including phenoxy) is 1. The number of nitrogens with one attached hydrogen (secondary N) is 1. The van der Waals surface area contributed by atoms with Gasteiger partial charge in [-0.15, -0.1) is 0 Å². The van der Waals surface area contributed by atoms with Gasteiger partial charge in [0, 0.05) is 10.5 Å². The van der Waals surface area contributed by atoms with Gasteiger partial charge in [-0.3, -0.25) is 4.79 Å². The van der Waals surface area contributed by atoms with Crippen LogP contribution in [0, 0.1) is 5.92 Å². The van der Waals surface area contributed by atoms with E-state index >= 15 is 0 Å². The van der Waals surface area contributed by atoms with Crippen molar-refractivity contribution in [2.45, 2.75) is 26.8 Å². The maximum Gasteiger partial charge on any atom is 0.338 e. The highest BCUT2D eigenvalue weighted by atomic mass is 79.9. The molecule has 1 rings (SSSR count). The molecule has 1 aromatic rings. The Hall–Kier alpha value is -1.36. The largest absolute Gasteiger partial charge is 0.452 e. The van der Waals surface area contributed by atoms with Crippen LogP contribution in [0.3, 0.4) is 0 Å². The van der Waals surface area contributed by atoms with Gasteiger partial charge in [-0.25, -0.2) is 4.79 Å². The van der Waals surface area contributed by atoms with Gasteiger partial charge in [-0.1, -0.05) is 35.8 Å². The van der Waals surface area contributed by atoms with Crippen molar-refractivity contribution in [3.63, 3.8) is 0 Å².